The number of aromatic carboxylic acids is 1. The molecule has 0 aliphatic carbocycles. The zero-order valence-corrected chi connectivity index (χ0v) is 7.92. The molecule has 0 unspecified atom stereocenters. The van der Waals surface area contributed by atoms with Crippen LogP contribution in [-0.4, -0.2) is 13.1 Å². The van der Waals surface area contributed by atoms with Crippen molar-refractivity contribution < 1.29 is 14.6 Å². The largest absolute Gasteiger partial charge is 0.545 e. The van der Waals surface area contributed by atoms with E-state index in [9.17, 15) is 9.90 Å². The molecule has 0 radical (unpaired) electrons. The van der Waals surface area contributed by atoms with Crippen molar-refractivity contribution >= 4 is 21.9 Å². The number of rotatable bonds is 2. The lowest BCUT2D eigenvalue weighted by Crippen LogP contribution is -2.22. The average molecular weight is 230 g/mol. The maximum Gasteiger partial charge on any atom is 0.119 e. The van der Waals surface area contributed by atoms with Gasteiger partial charge in [-0.1, -0.05) is 15.9 Å². The minimum Gasteiger partial charge on any atom is -0.545 e. The van der Waals surface area contributed by atoms with E-state index in [1.807, 2.05) is 0 Å². The summed E-state index contributed by atoms with van der Waals surface area (Å²) in [6.45, 7) is 0. The van der Waals surface area contributed by atoms with Gasteiger partial charge in [0.25, 0.3) is 0 Å². The van der Waals surface area contributed by atoms with E-state index in [-0.39, 0.29) is 5.56 Å². The molecule has 0 spiro atoms. The fraction of sp³-hybridized carbons (Fsp3) is 0.125. The second kappa shape index (κ2) is 3.58. The first-order valence-corrected chi connectivity index (χ1v) is 3.99. The number of hydrogen-bond donors (Lipinski definition) is 0. The van der Waals surface area contributed by atoms with E-state index >= 15 is 0 Å². The normalized spacial score (nSPS) is 9.50. The maximum absolute atomic E-state index is 10.5. The van der Waals surface area contributed by atoms with E-state index in [4.69, 9.17) is 4.74 Å². The van der Waals surface area contributed by atoms with Crippen molar-refractivity contribution in [3.8, 4) is 5.75 Å². The van der Waals surface area contributed by atoms with Gasteiger partial charge < -0.3 is 14.6 Å². The molecule has 1 rings (SSSR count). The van der Waals surface area contributed by atoms with E-state index in [1.165, 1.54) is 13.2 Å². The van der Waals surface area contributed by atoms with Crippen molar-refractivity contribution in [1.82, 2.24) is 0 Å². The lowest BCUT2D eigenvalue weighted by atomic mass is 10.2. The molecule has 0 heterocycles. The molecule has 4 heteroatoms. The van der Waals surface area contributed by atoms with Crippen LogP contribution < -0.4 is 9.84 Å². The Labute approximate surface area is 78.1 Å². The fourth-order valence-corrected chi connectivity index (χ4v) is 1.20. The zero-order valence-electron chi connectivity index (χ0n) is 6.33. The van der Waals surface area contributed by atoms with Gasteiger partial charge in [-0.15, -0.1) is 0 Å². The number of methoxy groups -OCH3 is 1. The Morgan fingerprint density at radius 2 is 2.25 bits per heavy atom. The van der Waals surface area contributed by atoms with Gasteiger partial charge in [-0.2, -0.15) is 0 Å². The van der Waals surface area contributed by atoms with Gasteiger partial charge in [-0.3, -0.25) is 0 Å². The summed E-state index contributed by atoms with van der Waals surface area (Å²) >= 11 is 3.08. The molecule has 12 heavy (non-hydrogen) atoms. The number of halogens is 1. The first kappa shape index (κ1) is 9.06. The van der Waals surface area contributed by atoms with Gasteiger partial charge in [-0.05, 0) is 18.2 Å². The Kier molecular flexibility index (Phi) is 2.70. The van der Waals surface area contributed by atoms with Crippen LogP contribution in [0, 0.1) is 0 Å². The monoisotopic (exact) mass is 229 g/mol. The topological polar surface area (TPSA) is 49.4 Å². The number of carboxylic acid groups (broad SMARTS) is 1. The quantitative estimate of drug-likeness (QED) is 0.755. The molecule has 3 nitrogen and oxygen atoms in total. The summed E-state index contributed by atoms with van der Waals surface area (Å²) in [6, 6.07) is 4.67. The van der Waals surface area contributed by atoms with Gasteiger partial charge in [0.15, 0.2) is 0 Å². The van der Waals surface area contributed by atoms with Crippen LogP contribution in [0.25, 0.3) is 0 Å². The fourth-order valence-electron chi connectivity index (χ4n) is 0.788. The molecule has 0 fully saturated rings. The smallest absolute Gasteiger partial charge is 0.119 e. The van der Waals surface area contributed by atoms with Gasteiger partial charge in [0.1, 0.15) is 5.75 Å². The summed E-state index contributed by atoms with van der Waals surface area (Å²) < 4.78 is 5.34. The minimum absolute atomic E-state index is 0.0920. The van der Waals surface area contributed by atoms with Crippen molar-refractivity contribution in [1.29, 1.82) is 0 Å². The molecular formula is C8H6BrO3-. The third-order valence-corrected chi connectivity index (χ3v) is 2.08. The van der Waals surface area contributed by atoms with E-state index in [2.05, 4.69) is 15.9 Å². The zero-order chi connectivity index (χ0) is 9.14. The van der Waals surface area contributed by atoms with E-state index in [0.717, 1.165) is 0 Å². The second-order valence-electron chi connectivity index (χ2n) is 2.13. The SMILES string of the molecule is COc1ccc(Br)c(C(=O)[O-])c1. The second-order valence-corrected chi connectivity index (χ2v) is 2.99. The molecule has 0 aliphatic heterocycles. The third-order valence-electron chi connectivity index (χ3n) is 1.39. The molecule has 0 amide bonds. The molecule has 1 aromatic carbocycles. The Morgan fingerprint density at radius 1 is 1.58 bits per heavy atom. The van der Waals surface area contributed by atoms with Gasteiger partial charge in [0.2, 0.25) is 0 Å². The highest BCUT2D eigenvalue weighted by Gasteiger charge is 2.01. The summed E-state index contributed by atoms with van der Waals surface area (Å²) in [5.74, 6) is -0.724. The van der Waals surface area contributed by atoms with Gasteiger partial charge in [-0.25, -0.2) is 0 Å². The molecule has 0 bridgehead atoms. The summed E-state index contributed by atoms with van der Waals surface area (Å²) in [5, 5.41) is 10.5. The highest BCUT2D eigenvalue weighted by atomic mass is 79.9. The van der Waals surface area contributed by atoms with Crippen LogP contribution in [0.3, 0.4) is 0 Å². The Balaban J connectivity index is 3.17. The molecule has 0 N–H and O–H groups in total. The lowest BCUT2D eigenvalue weighted by Gasteiger charge is -2.07. The first-order valence-electron chi connectivity index (χ1n) is 3.20. The van der Waals surface area contributed by atoms with E-state index < -0.39 is 5.97 Å². The Hall–Kier alpha value is -1.03. The van der Waals surface area contributed by atoms with Crippen molar-refractivity contribution in [3.63, 3.8) is 0 Å². The van der Waals surface area contributed by atoms with E-state index in [1.54, 1.807) is 12.1 Å². The number of hydrogen-bond acceptors (Lipinski definition) is 3. The predicted molar refractivity (Wildman–Crippen MR) is 45.0 cm³/mol. The van der Waals surface area contributed by atoms with Gasteiger partial charge >= 0.3 is 0 Å². The molecule has 64 valence electrons. The number of ether oxygens (including phenoxy) is 1. The summed E-state index contributed by atoms with van der Waals surface area (Å²) in [5.41, 5.74) is 0.0920. The summed E-state index contributed by atoms with van der Waals surface area (Å²) in [7, 11) is 1.47. The number of carbonyl (C=O) groups excluding carboxylic acids is 1. The van der Waals surface area contributed by atoms with Crippen LogP contribution in [0.1, 0.15) is 10.4 Å². The molecule has 0 aliphatic rings. The predicted octanol–water partition coefficient (Wildman–Crippen LogP) is 0.821. The molecular weight excluding hydrogens is 224 g/mol. The third kappa shape index (κ3) is 1.76. The van der Waals surface area contributed by atoms with Crippen LogP contribution in [0.5, 0.6) is 5.75 Å². The summed E-state index contributed by atoms with van der Waals surface area (Å²) in [4.78, 5) is 10.5. The maximum atomic E-state index is 10.5. The van der Waals surface area contributed by atoms with Gasteiger partial charge in [0, 0.05) is 10.0 Å². The number of carbonyl (C=O) groups is 1. The van der Waals surface area contributed by atoms with Crippen molar-refractivity contribution in [2.24, 2.45) is 0 Å². The van der Waals surface area contributed by atoms with Crippen molar-refractivity contribution in [3.05, 3.63) is 28.2 Å². The van der Waals surface area contributed by atoms with Crippen molar-refractivity contribution in [2.75, 3.05) is 7.11 Å². The highest BCUT2D eigenvalue weighted by Crippen LogP contribution is 2.21. The summed E-state index contributed by atoms with van der Waals surface area (Å²) in [6.07, 6.45) is 0. The molecule has 1 aromatic rings. The van der Waals surface area contributed by atoms with Crippen LogP contribution in [0.15, 0.2) is 22.7 Å². The standard InChI is InChI=1S/C8H7BrO3/c1-12-5-2-3-7(9)6(4-5)8(10)11/h2-4H,1H3,(H,10,11)/p-1. The van der Waals surface area contributed by atoms with Crippen LogP contribution in [0.4, 0.5) is 0 Å². The lowest BCUT2D eigenvalue weighted by molar-refractivity contribution is -0.255. The van der Waals surface area contributed by atoms with Crippen LogP contribution in [0.2, 0.25) is 0 Å². The Bertz CT molecular complexity index is 309. The molecule has 0 aromatic heterocycles. The Morgan fingerprint density at radius 3 is 2.75 bits per heavy atom. The number of benzene rings is 1. The molecule has 0 saturated carbocycles. The van der Waals surface area contributed by atoms with Crippen LogP contribution >= 0.6 is 15.9 Å². The number of carboxylic acids is 1. The van der Waals surface area contributed by atoms with Crippen LogP contribution in [-0.2, 0) is 0 Å². The van der Waals surface area contributed by atoms with E-state index in [0.29, 0.717) is 10.2 Å². The van der Waals surface area contributed by atoms with Gasteiger partial charge in [0.05, 0.1) is 13.1 Å². The molecule has 0 atom stereocenters. The highest BCUT2D eigenvalue weighted by molar-refractivity contribution is 9.10. The first-order chi connectivity index (χ1) is 5.65. The average Bonchev–Trinajstić information content (AvgIpc) is 2.05. The molecule has 0 saturated heterocycles. The minimum atomic E-state index is -1.22. The van der Waals surface area contributed by atoms with Crippen molar-refractivity contribution in [2.45, 2.75) is 0 Å².